The van der Waals surface area contributed by atoms with E-state index in [1.54, 1.807) is 10.9 Å². The van der Waals surface area contributed by atoms with Crippen molar-refractivity contribution in [3.63, 3.8) is 0 Å². The summed E-state index contributed by atoms with van der Waals surface area (Å²) in [4.78, 5) is 24.7. The molecule has 2 bridgehead atoms. The zero-order chi connectivity index (χ0) is 19.5. The van der Waals surface area contributed by atoms with Gasteiger partial charge < -0.3 is 16.4 Å². The van der Waals surface area contributed by atoms with E-state index in [4.69, 9.17) is 5.73 Å². The molecule has 4 N–H and O–H groups in total. The first kappa shape index (κ1) is 18.7. The highest BCUT2D eigenvalue weighted by atomic mass is 16.2. The topological polar surface area (TPSA) is 102 Å². The Morgan fingerprint density at radius 2 is 1.86 bits per heavy atom. The molecule has 2 fully saturated rings. The molecular formula is C21H27N5O2. The SMILES string of the molecule is NC1C2CCCC1CC(C(=O)NCC(=O)Nc1ccc(-n3cccn3)cc1)C2. The fraction of sp³-hybridized carbons (Fsp3) is 0.476. The molecule has 7 nitrogen and oxygen atoms in total. The van der Waals surface area contributed by atoms with Crippen LogP contribution in [-0.4, -0.2) is 34.2 Å². The van der Waals surface area contributed by atoms with Crippen LogP contribution in [0.2, 0.25) is 0 Å². The van der Waals surface area contributed by atoms with Gasteiger partial charge in [0.2, 0.25) is 11.8 Å². The van der Waals surface area contributed by atoms with Gasteiger partial charge in [0.15, 0.2) is 0 Å². The van der Waals surface area contributed by atoms with E-state index in [0.717, 1.165) is 31.4 Å². The van der Waals surface area contributed by atoms with Crippen LogP contribution in [0, 0.1) is 17.8 Å². The quantitative estimate of drug-likeness (QED) is 0.738. The monoisotopic (exact) mass is 381 g/mol. The van der Waals surface area contributed by atoms with Gasteiger partial charge in [0.1, 0.15) is 0 Å². The number of carbonyl (C=O) groups excluding carboxylic acids is 2. The van der Waals surface area contributed by atoms with Crippen molar-refractivity contribution in [2.24, 2.45) is 23.5 Å². The van der Waals surface area contributed by atoms with Gasteiger partial charge in [-0.2, -0.15) is 5.10 Å². The Morgan fingerprint density at radius 3 is 2.50 bits per heavy atom. The van der Waals surface area contributed by atoms with Crippen molar-refractivity contribution in [2.75, 3.05) is 11.9 Å². The molecule has 0 aliphatic heterocycles. The summed E-state index contributed by atoms with van der Waals surface area (Å²) >= 11 is 0. The lowest BCUT2D eigenvalue weighted by Crippen LogP contribution is -2.49. The number of anilines is 1. The molecule has 0 spiro atoms. The van der Waals surface area contributed by atoms with Crippen LogP contribution in [0.15, 0.2) is 42.7 Å². The summed E-state index contributed by atoms with van der Waals surface area (Å²) in [7, 11) is 0. The van der Waals surface area contributed by atoms with E-state index in [2.05, 4.69) is 15.7 Å². The maximum atomic E-state index is 12.5. The third-order valence-corrected chi connectivity index (χ3v) is 6.13. The van der Waals surface area contributed by atoms with Crippen LogP contribution in [-0.2, 0) is 9.59 Å². The van der Waals surface area contributed by atoms with Gasteiger partial charge in [0, 0.05) is 30.0 Å². The van der Waals surface area contributed by atoms with E-state index in [0.29, 0.717) is 17.5 Å². The normalized spacial score (nSPS) is 26.5. The largest absolute Gasteiger partial charge is 0.347 e. The predicted octanol–water partition coefficient (Wildman–Crippen LogP) is 2.08. The number of carbonyl (C=O) groups is 2. The number of nitrogens with one attached hydrogen (secondary N) is 2. The van der Waals surface area contributed by atoms with Crippen molar-refractivity contribution in [3.8, 4) is 5.69 Å². The third kappa shape index (κ3) is 4.09. The minimum Gasteiger partial charge on any atom is -0.347 e. The summed E-state index contributed by atoms with van der Waals surface area (Å²) in [5.74, 6) is 0.632. The van der Waals surface area contributed by atoms with Gasteiger partial charge in [-0.25, -0.2) is 4.68 Å². The molecule has 148 valence electrons. The number of hydrogen-bond acceptors (Lipinski definition) is 4. The van der Waals surface area contributed by atoms with Gasteiger partial charge in [0.05, 0.1) is 12.2 Å². The lowest BCUT2D eigenvalue weighted by Gasteiger charge is -2.43. The molecule has 2 aliphatic rings. The smallest absolute Gasteiger partial charge is 0.243 e. The molecule has 7 heteroatoms. The van der Waals surface area contributed by atoms with E-state index >= 15 is 0 Å². The molecule has 0 radical (unpaired) electrons. The standard InChI is InChI=1S/C21H27N5O2/c22-20-14-3-1-4-15(20)12-16(11-14)21(28)23-13-19(27)25-17-5-7-18(8-6-17)26-10-2-9-24-26/h2,5-10,14-16,20H,1,3-4,11-13,22H2,(H,23,28)(H,25,27). The number of amides is 2. The van der Waals surface area contributed by atoms with Crippen LogP contribution in [0.25, 0.3) is 5.69 Å². The summed E-state index contributed by atoms with van der Waals surface area (Å²) in [5, 5.41) is 9.79. The first-order valence-electron chi connectivity index (χ1n) is 10.0. The maximum Gasteiger partial charge on any atom is 0.243 e. The van der Waals surface area contributed by atoms with Gasteiger partial charge in [-0.1, -0.05) is 6.42 Å². The van der Waals surface area contributed by atoms with Gasteiger partial charge in [-0.15, -0.1) is 0 Å². The van der Waals surface area contributed by atoms with Crippen molar-refractivity contribution in [1.82, 2.24) is 15.1 Å². The highest BCUT2D eigenvalue weighted by Gasteiger charge is 2.40. The summed E-state index contributed by atoms with van der Waals surface area (Å²) < 4.78 is 1.75. The van der Waals surface area contributed by atoms with Crippen LogP contribution in [0.4, 0.5) is 5.69 Å². The summed E-state index contributed by atoms with van der Waals surface area (Å²) in [6.45, 7) is -0.0162. The minimum atomic E-state index is -0.229. The Hall–Kier alpha value is -2.67. The molecule has 2 unspecified atom stereocenters. The number of nitrogens with two attached hydrogens (primary N) is 1. The molecule has 2 amide bonds. The van der Waals surface area contributed by atoms with Crippen molar-refractivity contribution in [1.29, 1.82) is 0 Å². The number of benzene rings is 1. The van der Waals surface area contributed by atoms with E-state index in [1.165, 1.54) is 6.42 Å². The third-order valence-electron chi connectivity index (χ3n) is 6.13. The second kappa shape index (κ2) is 8.14. The van der Waals surface area contributed by atoms with Crippen molar-refractivity contribution < 1.29 is 9.59 Å². The Morgan fingerprint density at radius 1 is 1.14 bits per heavy atom. The highest BCUT2D eigenvalue weighted by molar-refractivity contribution is 5.94. The summed E-state index contributed by atoms with van der Waals surface area (Å²) in [6.07, 6.45) is 8.73. The van der Waals surface area contributed by atoms with Gasteiger partial charge >= 0.3 is 0 Å². The van der Waals surface area contributed by atoms with E-state index in [-0.39, 0.29) is 30.3 Å². The van der Waals surface area contributed by atoms with E-state index < -0.39 is 0 Å². The second-order valence-corrected chi connectivity index (χ2v) is 7.96. The first-order valence-corrected chi connectivity index (χ1v) is 10.0. The average molecular weight is 381 g/mol. The molecule has 2 aromatic rings. The van der Waals surface area contributed by atoms with E-state index in [9.17, 15) is 9.59 Å². The number of fused-ring (bicyclic) bond motifs is 2. The number of nitrogens with zero attached hydrogens (tertiary/aromatic N) is 2. The Labute approximate surface area is 164 Å². The lowest BCUT2D eigenvalue weighted by molar-refractivity contribution is -0.129. The Bertz CT molecular complexity index is 804. The molecule has 1 aromatic carbocycles. The fourth-order valence-corrected chi connectivity index (χ4v) is 4.64. The van der Waals surface area contributed by atoms with Crippen LogP contribution in [0.5, 0.6) is 0 Å². The molecular weight excluding hydrogens is 354 g/mol. The molecule has 4 rings (SSSR count). The summed E-state index contributed by atoms with van der Waals surface area (Å²) in [6, 6.07) is 9.49. The highest BCUT2D eigenvalue weighted by Crippen LogP contribution is 2.41. The average Bonchev–Trinajstić information content (AvgIpc) is 3.21. The second-order valence-electron chi connectivity index (χ2n) is 7.96. The predicted molar refractivity (Wildman–Crippen MR) is 107 cm³/mol. The molecule has 2 saturated carbocycles. The van der Waals surface area contributed by atoms with Crippen molar-refractivity contribution in [2.45, 2.75) is 38.1 Å². The zero-order valence-corrected chi connectivity index (χ0v) is 15.9. The Balaban J connectivity index is 1.26. The first-order chi connectivity index (χ1) is 13.6. The van der Waals surface area contributed by atoms with Gasteiger partial charge in [-0.05, 0) is 67.9 Å². The fourth-order valence-electron chi connectivity index (χ4n) is 4.64. The van der Waals surface area contributed by atoms with Crippen LogP contribution >= 0.6 is 0 Å². The molecule has 2 atom stereocenters. The lowest BCUT2D eigenvalue weighted by atomic mass is 9.65. The number of rotatable bonds is 5. The molecule has 0 saturated heterocycles. The van der Waals surface area contributed by atoms with Crippen molar-refractivity contribution in [3.05, 3.63) is 42.7 Å². The molecule has 1 heterocycles. The van der Waals surface area contributed by atoms with Crippen LogP contribution in [0.1, 0.15) is 32.1 Å². The van der Waals surface area contributed by atoms with Crippen LogP contribution < -0.4 is 16.4 Å². The maximum absolute atomic E-state index is 12.5. The molecule has 1 aromatic heterocycles. The Kier molecular flexibility index (Phi) is 5.43. The number of aromatic nitrogens is 2. The van der Waals surface area contributed by atoms with Gasteiger partial charge in [-0.3, -0.25) is 9.59 Å². The molecule has 28 heavy (non-hydrogen) atoms. The van der Waals surface area contributed by atoms with Gasteiger partial charge in [0.25, 0.3) is 0 Å². The minimum absolute atomic E-state index is 0.0162. The molecule has 2 aliphatic carbocycles. The number of hydrogen-bond donors (Lipinski definition) is 3. The van der Waals surface area contributed by atoms with E-state index in [1.807, 2.05) is 36.5 Å². The van der Waals surface area contributed by atoms with Crippen molar-refractivity contribution >= 4 is 17.5 Å². The zero-order valence-electron chi connectivity index (χ0n) is 15.9. The summed E-state index contributed by atoms with van der Waals surface area (Å²) in [5.41, 5.74) is 7.90. The van der Waals surface area contributed by atoms with Crippen LogP contribution in [0.3, 0.4) is 0 Å².